The van der Waals surface area contributed by atoms with Gasteiger partial charge in [0.1, 0.15) is 5.76 Å². The molecule has 1 fully saturated rings. The lowest BCUT2D eigenvalue weighted by molar-refractivity contribution is 0.105. The third-order valence-electron chi connectivity index (χ3n) is 6.09. The van der Waals surface area contributed by atoms with Crippen molar-refractivity contribution in [3.05, 3.63) is 24.2 Å². The third-order valence-corrected chi connectivity index (χ3v) is 6.09. The molecule has 0 amide bonds. The second-order valence-electron chi connectivity index (χ2n) is 7.71. The minimum Gasteiger partial charge on any atom is -0.468 e. The normalized spacial score (nSPS) is 17.8. The van der Waals surface area contributed by atoms with E-state index in [0.29, 0.717) is 5.41 Å². The quantitative estimate of drug-likeness (QED) is 0.322. The average Bonchev–Trinajstić information content (AvgIpc) is 3.40. The van der Waals surface area contributed by atoms with E-state index in [1.807, 2.05) is 13.1 Å². The van der Waals surface area contributed by atoms with Crippen molar-refractivity contribution in [2.75, 3.05) is 46.4 Å². The van der Waals surface area contributed by atoms with Crippen LogP contribution >= 0.6 is 0 Å². The number of hydrogen-bond donors (Lipinski definition) is 2. The van der Waals surface area contributed by atoms with E-state index in [2.05, 4.69) is 47.4 Å². The number of guanidine groups is 1. The van der Waals surface area contributed by atoms with Gasteiger partial charge in [0.2, 0.25) is 0 Å². The predicted molar refractivity (Wildman–Crippen MR) is 116 cm³/mol. The molecular formula is C22H40N4O2. The van der Waals surface area contributed by atoms with E-state index in [4.69, 9.17) is 9.15 Å². The van der Waals surface area contributed by atoms with Crippen LogP contribution in [0.2, 0.25) is 0 Å². The zero-order valence-corrected chi connectivity index (χ0v) is 18.3. The van der Waals surface area contributed by atoms with E-state index in [9.17, 15) is 0 Å². The van der Waals surface area contributed by atoms with E-state index < -0.39 is 0 Å². The third kappa shape index (κ3) is 6.52. The van der Waals surface area contributed by atoms with Gasteiger partial charge >= 0.3 is 0 Å². The molecule has 28 heavy (non-hydrogen) atoms. The van der Waals surface area contributed by atoms with Crippen LogP contribution in [0.1, 0.15) is 64.7 Å². The van der Waals surface area contributed by atoms with Crippen molar-refractivity contribution in [3.8, 4) is 0 Å². The Kier molecular flexibility index (Phi) is 9.85. The van der Waals surface area contributed by atoms with Crippen molar-refractivity contribution in [1.29, 1.82) is 0 Å². The molecule has 1 unspecified atom stereocenters. The van der Waals surface area contributed by atoms with E-state index >= 15 is 0 Å². The van der Waals surface area contributed by atoms with Gasteiger partial charge in [0, 0.05) is 33.4 Å². The first-order valence-electron chi connectivity index (χ1n) is 11.0. The van der Waals surface area contributed by atoms with Gasteiger partial charge in [-0.25, -0.2) is 0 Å². The standard InChI is InChI=1S/C22H40N4O2/c1-5-26(6-2)19(20-11-10-15-28-20)17-24-21(23-4)25-18-22(12-8-9-13-22)14-16-27-7-3/h10-11,15,19H,5-9,12-14,16-18H2,1-4H3,(H2,23,24,25). The number of likely N-dealkylation sites (N-methyl/N-ethyl adjacent to an activating group) is 1. The molecule has 0 radical (unpaired) electrons. The second kappa shape index (κ2) is 12.1. The largest absolute Gasteiger partial charge is 0.468 e. The van der Waals surface area contributed by atoms with Crippen LogP contribution < -0.4 is 10.6 Å². The van der Waals surface area contributed by atoms with Crippen molar-refractivity contribution in [2.45, 2.75) is 58.9 Å². The monoisotopic (exact) mass is 392 g/mol. The Balaban J connectivity index is 1.91. The van der Waals surface area contributed by atoms with Gasteiger partial charge in [-0.3, -0.25) is 9.89 Å². The second-order valence-corrected chi connectivity index (χ2v) is 7.71. The Hall–Kier alpha value is -1.53. The van der Waals surface area contributed by atoms with Gasteiger partial charge in [-0.15, -0.1) is 0 Å². The highest BCUT2D eigenvalue weighted by atomic mass is 16.5. The van der Waals surface area contributed by atoms with Gasteiger partial charge in [0.05, 0.1) is 12.3 Å². The number of aliphatic imine (C=N–C) groups is 1. The highest BCUT2D eigenvalue weighted by Gasteiger charge is 2.33. The molecule has 160 valence electrons. The number of ether oxygens (including phenoxy) is 1. The summed E-state index contributed by atoms with van der Waals surface area (Å²) in [5.41, 5.74) is 0.339. The van der Waals surface area contributed by atoms with Gasteiger partial charge in [0.15, 0.2) is 5.96 Å². The summed E-state index contributed by atoms with van der Waals surface area (Å²) in [5.74, 6) is 1.86. The van der Waals surface area contributed by atoms with Crippen molar-refractivity contribution in [2.24, 2.45) is 10.4 Å². The SMILES string of the molecule is CCOCCC1(CNC(=NC)NCC(c2ccco2)N(CC)CC)CCCC1. The fourth-order valence-corrected chi connectivity index (χ4v) is 4.31. The number of rotatable bonds is 12. The van der Waals surface area contributed by atoms with Crippen LogP contribution in [0, 0.1) is 5.41 Å². The highest BCUT2D eigenvalue weighted by Crippen LogP contribution is 2.40. The number of furan rings is 1. The van der Waals surface area contributed by atoms with Crippen LogP contribution in [0.3, 0.4) is 0 Å². The van der Waals surface area contributed by atoms with E-state index in [1.165, 1.54) is 25.7 Å². The van der Waals surface area contributed by atoms with E-state index in [0.717, 1.165) is 57.5 Å². The van der Waals surface area contributed by atoms with Crippen molar-refractivity contribution >= 4 is 5.96 Å². The summed E-state index contributed by atoms with van der Waals surface area (Å²) in [6.45, 7) is 11.8. The zero-order chi connectivity index (χ0) is 20.2. The fourth-order valence-electron chi connectivity index (χ4n) is 4.31. The molecule has 0 spiro atoms. The first-order valence-corrected chi connectivity index (χ1v) is 11.0. The van der Waals surface area contributed by atoms with Crippen LogP contribution in [-0.4, -0.2) is 57.3 Å². The smallest absolute Gasteiger partial charge is 0.191 e. The zero-order valence-electron chi connectivity index (χ0n) is 18.3. The molecule has 2 N–H and O–H groups in total. The topological polar surface area (TPSA) is 62.0 Å². The maximum absolute atomic E-state index is 5.70. The molecule has 1 aromatic rings. The van der Waals surface area contributed by atoms with Gasteiger partial charge in [-0.2, -0.15) is 0 Å². The summed E-state index contributed by atoms with van der Waals surface area (Å²) in [6, 6.07) is 4.21. The fraction of sp³-hybridized carbons (Fsp3) is 0.773. The molecule has 6 heteroatoms. The van der Waals surface area contributed by atoms with Crippen molar-refractivity contribution in [1.82, 2.24) is 15.5 Å². The van der Waals surface area contributed by atoms with Crippen LogP contribution in [-0.2, 0) is 4.74 Å². The molecule has 2 rings (SSSR count). The molecule has 1 aromatic heterocycles. The average molecular weight is 393 g/mol. The van der Waals surface area contributed by atoms with Crippen molar-refractivity contribution in [3.63, 3.8) is 0 Å². The molecule has 1 aliphatic rings. The Morgan fingerprint density at radius 1 is 1.25 bits per heavy atom. The maximum atomic E-state index is 5.70. The van der Waals surface area contributed by atoms with Crippen LogP contribution in [0.5, 0.6) is 0 Å². The summed E-state index contributed by atoms with van der Waals surface area (Å²) >= 11 is 0. The summed E-state index contributed by atoms with van der Waals surface area (Å²) in [6.07, 6.45) is 8.07. The molecule has 1 aliphatic carbocycles. The molecule has 1 heterocycles. The Morgan fingerprint density at radius 3 is 2.57 bits per heavy atom. The van der Waals surface area contributed by atoms with Gasteiger partial charge in [-0.05, 0) is 56.8 Å². The molecule has 1 saturated carbocycles. The summed E-state index contributed by atoms with van der Waals surface area (Å²) < 4.78 is 11.3. The molecule has 0 bridgehead atoms. The van der Waals surface area contributed by atoms with Gasteiger partial charge in [-0.1, -0.05) is 26.7 Å². The molecule has 0 saturated heterocycles. The maximum Gasteiger partial charge on any atom is 0.191 e. The lowest BCUT2D eigenvalue weighted by atomic mass is 9.83. The van der Waals surface area contributed by atoms with E-state index in [-0.39, 0.29) is 6.04 Å². The Bertz CT molecular complexity index is 549. The number of nitrogens with one attached hydrogen (secondary N) is 2. The molecule has 6 nitrogen and oxygen atoms in total. The minimum absolute atomic E-state index is 0.196. The number of hydrogen-bond acceptors (Lipinski definition) is 4. The molecule has 0 aromatic carbocycles. The lowest BCUT2D eigenvalue weighted by Gasteiger charge is -2.31. The summed E-state index contributed by atoms with van der Waals surface area (Å²) in [4.78, 5) is 6.86. The highest BCUT2D eigenvalue weighted by molar-refractivity contribution is 5.79. The van der Waals surface area contributed by atoms with Crippen molar-refractivity contribution < 1.29 is 9.15 Å². The Morgan fingerprint density at radius 2 is 2.00 bits per heavy atom. The number of nitrogens with zero attached hydrogens (tertiary/aromatic N) is 2. The first kappa shape index (κ1) is 22.8. The molecule has 1 atom stereocenters. The molecule has 0 aliphatic heterocycles. The summed E-state index contributed by atoms with van der Waals surface area (Å²) in [7, 11) is 1.84. The van der Waals surface area contributed by atoms with E-state index in [1.54, 1.807) is 6.26 Å². The first-order chi connectivity index (χ1) is 13.7. The van der Waals surface area contributed by atoms with Crippen LogP contribution in [0.4, 0.5) is 0 Å². The predicted octanol–water partition coefficient (Wildman–Crippen LogP) is 3.81. The van der Waals surface area contributed by atoms with Gasteiger partial charge in [0.25, 0.3) is 0 Å². The van der Waals surface area contributed by atoms with Crippen LogP contribution in [0.15, 0.2) is 27.8 Å². The Labute approximate surface area is 171 Å². The van der Waals surface area contributed by atoms with Crippen LogP contribution in [0.25, 0.3) is 0 Å². The summed E-state index contributed by atoms with van der Waals surface area (Å²) in [5, 5.41) is 7.11. The lowest BCUT2D eigenvalue weighted by Crippen LogP contribution is -2.46. The van der Waals surface area contributed by atoms with Gasteiger partial charge < -0.3 is 19.8 Å². The molecular weight excluding hydrogens is 352 g/mol. The minimum atomic E-state index is 0.196.